The van der Waals surface area contributed by atoms with Gasteiger partial charge in [-0.1, -0.05) is 12.1 Å². The van der Waals surface area contributed by atoms with E-state index < -0.39 is 0 Å². The molecule has 0 spiro atoms. The monoisotopic (exact) mass is 361 g/mol. The third-order valence-electron chi connectivity index (χ3n) is 4.11. The van der Waals surface area contributed by atoms with Gasteiger partial charge in [0.1, 0.15) is 5.82 Å². The van der Waals surface area contributed by atoms with Crippen LogP contribution in [0.15, 0.2) is 42.6 Å². The number of pyridine rings is 1. The minimum Gasteiger partial charge on any atom is -0.397 e. The number of halogens is 1. The van der Waals surface area contributed by atoms with E-state index in [4.69, 9.17) is 5.73 Å². The van der Waals surface area contributed by atoms with Gasteiger partial charge in [-0.25, -0.2) is 4.98 Å². The van der Waals surface area contributed by atoms with Crippen LogP contribution in [0, 0.1) is 0 Å². The molecule has 134 valence electrons. The molecule has 1 aliphatic heterocycles. The van der Waals surface area contributed by atoms with Crippen molar-refractivity contribution in [2.24, 2.45) is 0 Å². The van der Waals surface area contributed by atoms with Crippen molar-refractivity contribution in [2.45, 2.75) is 19.4 Å². The Hall–Kier alpha value is -2.31. The van der Waals surface area contributed by atoms with E-state index in [9.17, 15) is 4.79 Å². The fourth-order valence-electron chi connectivity index (χ4n) is 2.85. The molecule has 7 heteroatoms. The Balaban J connectivity index is 0.00000225. The quantitative estimate of drug-likeness (QED) is 0.732. The van der Waals surface area contributed by atoms with Crippen LogP contribution in [0.2, 0.25) is 0 Å². The largest absolute Gasteiger partial charge is 0.397 e. The van der Waals surface area contributed by atoms with Gasteiger partial charge in [0, 0.05) is 31.4 Å². The smallest absolute Gasteiger partial charge is 0.257 e. The second-order valence-corrected chi connectivity index (χ2v) is 6.68. The summed E-state index contributed by atoms with van der Waals surface area (Å²) in [7, 11) is 0. The van der Waals surface area contributed by atoms with E-state index in [0.29, 0.717) is 16.9 Å². The van der Waals surface area contributed by atoms with Crippen LogP contribution in [-0.4, -0.2) is 36.1 Å². The zero-order chi connectivity index (χ0) is 17.2. The molecule has 2 heterocycles. The maximum Gasteiger partial charge on any atom is 0.257 e. The summed E-state index contributed by atoms with van der Waals surface area (Å²) < 4.78 is 0. The summed E-state index contributed by atoms with van der Waals surface area (Å²) >= 11 is 0. The van der Waals surface area contributed by atoms with Gasteiger partial charge in [0.25, 0.3) is 5.91 Å². The lowest BCUT2D eigenvalue weighted by atomic mass is 10.0. The molecule has 4 N–H and O–H groups in total. The Morgan fingerprint density at radius 1 is 1.28 bits per heavy atom. The number of nitrogens with two attached hydrogens (primary N) is 1. The van der Waals surface area contributed by atoms with Crippen molar-refractivity contribution >= 4 is 35.5 Å². The van der Waals surface area contributed by atoms with Crippen LogP contribution in [-0.2, 0) is 0 Å². The first kappa shape index (κ1) is 19.0. The van der Waals surface area contributed by atoms with Gasteiger partial charge in [-0.05, 0) is 38.1 Å². The van der Waals surface area contributed by atoms with Crippen molar-refractivity contribution in [2.75, 3.05) is 35.6 Å². The average molecular weight is 362 g/mol. The molecule has 25 heavy (non-hydrogen) atoms. The zero-order valence-electron chi connectivity index (χ0n) is 14.5. The highest BCUT2D eigenvalue weighted by atomic mass is 35.5. The number of nitrogens with zero attached hydrogens (tertiary/aromatic N) is 2. The van der Waals surface area contributed by atoms with Crippen molar-refractivity contribution in [1.82, 2.24) is 10.3 Å². The van der Waals surface area contributed by atoms with E-state index in [1.54, 1.807) is 24.4 Å². The summed E-state index contributed by atoms with van der Waals surface area (Å²) in [6.45, 7) is 7.05. The fraction of sp³-hybridized carbons (Fsp3) is 0.333. The second-order valence-electron chi connectivity index (χ2n) is 6.68. The van der Waals surface area contributed by atoms with Crippen LogP contribution in [0.25, 0.3) is 0 Å². The first-order chi connectivity index (χ1) is 11.4. The minimum absolute atomic E-state index is 0. The van der Waals surface area contributed by atoms with Crippen molar-refractivity contribution in [3.05, 3.63) is 48.2 Å². The standard InChI is InChI=1S/C18H23N5O.ClH/c1-18(2)12-23(10-9-21-18)16-8-7-13(11-20-16)17(24)22-15-6-4-3-5-14(15)19;/h3-8,11,21H,9-10,12,19H2,1-2H3,(H,22,24);1H. The van der Waals surface area contributed by atoms with Crippen LogP contribution in [0.3, 0.4) is 0 Å². The summed E-state index contributed by atoms with van der Waals surface area (Å²) in [6, 6.07) is 10.9. The number of carbonyl (C=O) groups excluding carboxylic acids is 1. The van der Waals surface area contributed by atoms with E-state index in [1.807, 2.05) is 18.2 Å². The van der Waals surface area contributed by atoms with Crippen molar-refractivity contribution in [3.8, 4) is 0 Å². The molecule has 0 aliphatic carbocycles. The number of nitrogen functional groups attached to an aromatic ring is 1. The van der Waals surface area contributed by atoms with Gasteiger partial charge in [-0.15, -0.1) is 12.4 Å². The van der Waals surface area contributed by atoms with E-state index in [0.717, 1.165) is 25.5 Å². The topological polar surface area (TPSA) is 83.3 Å². The van der Waals surface area contributed by atoms with Gasteiger partial charge in [0.15, 0.2) is 0 Å². The Kier molecular flexibility index (Phi) is 5.87. The SMILES string of the molecule is CC1(C)CN(c2ccc(C(=O)Nc3ccccc3N)cn2)CCN1.Cl. The molecule has 0 saturated carbocycles. The highest BCUT2D eigenvalue weighted by molar-refractivity contribution is 6.05. The van der Waals surface area contributed by atoms with Crippen LogP contribution in [0.4, 0.5) is 17.2 Å². The van der Waals surface area contributed by atoms with E-state index in [2.05, 4.69) is 34.4 Å². The fourth-order valence-corrected chi connectivity index (χ4v) is 2.85. The number of rotatable bonds is 3. The van der Waals surface area contributed by atoms with Crippen LogP contribution >= 0.6 is 12.4 Å². The highest BCUT2D eigenvalue weighted by Gasteiger charge is 2.26. The van der Waals surface area contributed by atoms with Crippen molar-refractivity contribution in [3.63, 3.8) is 0 Å². The van der Waals surface area contributed by atoms with Crippen LogP contribution in [0.5, 0.6) is 0 Å². The summed E-state index contributed by atoms with van der Waals surface area (Å²) in [5, 5.41) is 6.29. The lowest BCUT2D eigenvalue weighted by Gasteiger charge is -2.39. The normalized spacial score (nSPS) is 16.0. The number of piperazine rings is 1. The maximum absolute atomic E-state index is 12.3. The molecular weight excluding hydrogens is 338 g/mol. The van der Waals surface area contributed by atoms with Gasteiger partial charge in [-0.3, -0.25) is 4.79 Å². The molecule has 2 aromatic rings. The number of para-hydroxylation sites is 2. The van der Waals surface area contributed by atoms with Gasteiger partial charge in [0.05, 0.1) is 16.9 Å². The molecule has 1 saturated heterocycles. The lowest BCUT2D eigenvalue weighted by molar-refractivity contribution is 0.102. The molecule has 1 fully saturated rings. The number of nitrogens with one attached hydrogen (secondary N) is 2. The number of benzene rings is 1. The summed E-state index contributed by atoms with van der Waals surface area (Å²) in [5.41, 5.74) is 7.57. The first-order valence-electron chi connectivity index (χ1n) is 8.06. The third kappa shape index (κ3) is 4.61. The minimum atomic E-state index is -0.215. The van der Waals surface area contributed by atoms with Crippen LogP contribution in [0.1, 0.15) is 24.2 Å². The summed E-state index contributed by atoms with van der Waals surface area (Å²) in [5.74, 6) is 0.674. The third-order valence-corrected chi connectivity index (χ3v) is 4.11. The number of aromatic nitrogens is 1. The lowest BCUT2D eigenvalue weighted by Crippen LogP contribution is -2.57. The Morgan fingerprint density at radius 3 is 2.68 bits per heavy atom. The molecule has 1 aromatic carbocycles. The molecule has 0 bridgehead atoms. The van der Waals surface area contributed by atoms with Crippen molar-refractivity contribution < 1.29 is 4.79 Å². The molecular formula is C18H24ClN5O. The van der Waals surface area contributed by atoms with Crippen molar-refractivity contribution in [1.29, 1.82) is 0 Å². The van der Waals surface area contributed by atoms with Gasteiger partial charge in [0.2, 0.25) is 0 Å². The molecule has 1 aliphatic rings. The Labute approximate surface area is 154 Å². The summed E-state index contributed by atoms with van der Waals surface area (Å²) in [6.07, 6.45) is 1.61. The number of hydrogen-bond donors (Lipinski definition) is 3. The number of anilines is 3. The number of amides is 1. The highest BCUT2D eigenvalue weighted by Crippen LogP contribution is 2.20. The summed E-state index contributed by atoms with van der Waals surface area (Å²) in [4.78, 5) is 19.0. The predicted octanol–water partition coefficient (Wildman–Crippen LogP) is 2.53. The molecule has 6 nitrogen and oxygen atoms in total. The second kappa shape index (κ2) is 7.72. The molecule has 1 amide bonds. The molecule has 1 aromatic heterocycles. The number of carbonyl (C=O) groups is 1. The van der Waals surface area contributed by atoms with Gasteiger partial charge in [-0.2, -0.15) is 0 Å². The Bertz CT molecular complexity index is 733. The maximum atomic E-state index is 12.3. The molecule has 0 unspecified atom stereocenters. The molecule has 0 radical (unpaired) electrons. The Morgan fingerprint density at radius 2 is 2.04 bits per heavy atom. The zero-order valence-corrected chi connectivity index (χ0v) is 15.3. The van der Waals surface area contributed by atoms with Crippen LogP contribution < -0.4 is 21.3 Å². The molecule has 3 rings (SSSR count). The molecule has 0 atom stereocenters. The predicted molar refractivity (Wildman–Crippen MR) is 105 cm³/mol. The van der Waals surface area contributed by atoms with E-state index >= 15 is 0 Å². The van der Waals surface area contributed by atoms with E-state index in [-0.39, 0.29) is 23.9 Å². The average Bonchev–Trinajstić information content (AvgIpc) is 2.56. The van der Waals surface area contributed by atoms with Gasteiger partial charge < -0.3 is 21.3 Å². The first-order valence-corrected chi connectivity index (χ1v) is 8.06. The van der Waals surface area contributed by atoms with E-state index in [1.165, 1.54) is 0 Å². The van der Waals surface area contributed by atoms with Gasteiger partial charge >= 0.3 is 0 Å². The number of hydrogen-bond acceptors (Lipinski definition) is 5.